The quantitative estimate of drug-likeness (QED) is 0.682. The highest BCUT2D eigenvalue weighted by atomic mass is 35.5. The fourth-order valence-electron chi connectivity index (χ4n) is 0.849. The molecule has 0 radical (unpaired) electrons. The first-order valence-corrected chi connectivity index (χ1v) is 3.43. The van der Waals surface area contributed by atoms with Crippen LogP contribution in [0.5, 0.6) is 0 Å². The summed E-state index contributed by atoms with van der Waals surface area (Å²) in [5, 5.41) is 0. The van der Waals surface area contributed by atoms with Gasteiger partial charge >= 0.3 is 5.69 Å². The van der Waals surface area contributed by atoms with Crippen molar-refractivity contribution < 1.29 is 0 Å². The number of aromatic amines is 2. The van der Waals surface area contributed by atoms with Crippen LogP contribution in [0.3, 0.4) is 0 Å². The van der Waals surface area contributed by atoms with Gasteiger partial charge in [0.1, 0.15) is 0 Å². The minimum absolute atomic E-state index is 0. The average molecular weight is 191 g/mol. The smallest absolute Gasteiger partial charge is 0.314 e. The molecule has 12 heavy (non-hydrogen) atoms. The Labute approximate surface area is 75.4 Å². The van der Waals surface area contributed by atoms with Crippen LogP contribution in [0, 0.1) is 0 Å². The number of H-pyrrole nitrogens is 2. The second-order valence-corrected chi connectivity index (χ2v) is 2.68. The number of aromatic nitrogens is 2. The van der Waals surface area contributed by atoms with Crippen LogP contribution in [0.4, 0.5) is 0 Å². The van der Waals surface area contributed by atoms with Crippen molar-refractivity contribution in [3.63, 3.8) is 0 Å². The zero-order chi connectivity index (χ0) is 8.43. The minimum atomic E-state index is -0.459. The molecule has 68 valence electrons. The van der Waals surface area contributed by atoms with Crippen LogP contribution in [0.1, 0.15) is 25.3 Å². The molecule has 0 aliphatic rings. The average Bonchev–Trinajstić information content (AvgIpc) is 1.85. The van der Waals surface area contributed by atoms with Crippen LogP contribution in [-0.4, -0.2) is 9.97 Å². The SMILES string of the molecule is CC(C)c1c[nH]c(=O)[nH]c1=O.Cl. The molecule has 0 saturated heterocycles. The van der Waals surface area contributed by atoms with Gasteiger partial charge < -0.3 is 4.98 Å². The van der Waals surface area contributed by atoms with Crippen LogP contribution in [0.25, 0.3) is 0 Å². The Morgan fingerprint density at radius 1 is 1.33 bits per heavy atom. The van der Waals surface area contributed by atoms with Crippen molar-refractivity contribution >= 4 is 12.4 Å². The molecule has 2 N–H and O–H groups in total. The molecule has 1 rings (SSSR count). The minimum Gasteiger partial charge on any atom is -0.314 e. The molecule has 1 heterocycles. The second-order valence-electron chi connectivity index (χ2n) is 2.68. The van der Waals surface area contributed by atoms with E-state index in [1.165, 1.54) is 6.20 Å². The lowest BCUT2D eigenvalue weighted by molar-refractivity contribution is 0.820. The van der Waals surface area contributed by atoms with E-state index in [4.69, 9.17) is 0 Å². The van der Waals surface area contributed by atoms with Crippen LogP contribution < -0.4 is 11.2 Å². The molecule has 0 saturated carbocycles. The third-order valence-electron chi connectivity index (χ3n) is 1.47. The van der Waals surface area contributed by atoms with Crippen LogP contribution in [0.2, 0.25) is 0 Å². The normalized spacial score (nSPS) is 9.58. The van der Waals surface area contributed by atoms with Crippen molar-refractivity contribution in [2.75, 3.05) is 0 Å². The summed E-state index contributed by atoms with van der Waals surface area (Å²) in [5.41, 5.74) is -0.159. The molecule has 0 atom stereocenters. The molecule has 0 unspecified atom stereocenters. The summed E-state index contributed by atoms with van der Waals surface area (Å²) in [5.74, 6) is 0.135. The Kier molecular flexibility index (Phi) is 3.76. The molecule has 4 nitrogen and oxygen atoms in total. The Morgan fingerprint density at radius 3 is 2.33 bits per heavy atom. The maximum Gasteiger partial charge on any atom is 0.325 e. The summed E-state index contributed by atoms with van der Waals surface area (Å²) in [6, 6.07) is 0. The zero-order valence-corrected chi connectivity index (χ0v) is 7.70. The fourth-order valence-corrected chi connectivity index (χ4v) is 0.849. The highest BCUT2D eigenvalue weighted by Crippen LogP contribution is 2.04. The summed E-state index contributed by atoms with van der Waals surface area (Å²) in [7, 11) is 0. The molecule has 0 aromatic carbocycles. The van der Waals surface area contributed by atoms with E-state index in [-0.39, 0.29) is 23.9 Å². The predicted molar refractivity (Wildman–Crippen MR) is 49.0 cm³/mol. The third-order valence-corrected chi connectivity index (χ3v) is 1.47. The van der Waals surface area contributed by atoms with E-state index in [9.17, 15) is 9.59 Å². The Bertz CT molecular complexity index is 353. The monoisotopic (exact) mass is 190 g/mol. The third kappa shape index (κ3) is 2.23. The van der Waals surface area contributed by atoms with Gasteiger partial charge in [0.05, 0.1) is 0 Å². The first kappa shape index (κ1) is 11.0. The predicted octanol–water partition coefficient (Wildman–Crippen LogP) is 0.608. The largest absolute Gasteiger partial charge is 0.325 e. The molecule has 0 amide bonds. The first-order valence-electron chi connectivity index (χ1n) is 3.43. The van der Waals surface area contributed by atoms with E-state index in [1.807, 2.05) is 13.8 Å². The van der Waals surface area contributed by atoms with Gasteiger partial charge in [-0.1, -0.05) is 13.8 Å². The summed E-state index contributed by atoms with van der Waals surface area (Å²) < 4.78 is 0. The molecule has 0 fully saturated rings. The van der Waals surface area contributed by atoms with Crippen molar-refractivity contribution in [2.45, 2.75) is 19.8 Å². The van der Waals surface area contributed by atoms with Crippen LogP contribution in [0.15, 0.2) is 15.8 Å². The molecule has 5 heteroatoms. The molecular formula is C7H11ClN2O2. The van der Waals surface area contributed by atoms with E-state index in [1.54, 1.807) is 0 Å². The molecule has 1 aromatic heterocycles. The maximum atomic E-state index is 11.0. The lowest BCUT2D eigenvalue weighted by atomic mass is 10.1. The zero-order valence-electron chi connectivity index (χ0n) is 6.88. The first-order chi connectivity index (χ1) is 5.11. The Balaban J connectivity index is 0.00000121. The summed E-state index contributed by atoms with van der Waals surface area (Å²) in [6.07, 6.45) is 1.45. The molecule has 0 spiro atoms. The van der Waals surface area contributed by atoms with E-state index >= 15 is 0 Å². The van der Waals surface area contributed by atoms with Gasteiger partial charge in [0.25, 0.3) is 5.56 Å². The Morgan fingerprint density at radius 2 is 1.92 bits per heavy atom. The summed E-state index contributed by atoms with van der Waals surface area (Å²) in [4.78, 5) is 26.1. The lowest BCUT2D eigenvalue weighted by Crippen LogP contribution is -2.24. The molecular weight excluding hydrogens is 180 g/mol. The van der Waals surface area contributed by atoms with Crippen molar-refractivity contribution in [3.8, 4) is 0 Å². The Hall–Kier alpha value is -1.03. The van der Waals surface area contributed by atoms with E-state index in [2.05, 4.69) is 9.97 Å². The highest BCUT2D eigenvalue weighted by Gasteiger charge is 2.03. The van der Waals surface area contributed by atoms with Gasteiger partial charge in [-0.25, -0.2) is 4.79 Å². The number of halogens is 1. The van der Waals surface area contributed by atoms with E-state index < -0.39 is 5.69 Å². The maximum absolute atomic E-state index is 11.0. The standard InChI is InChI=1S/C7H10N2O2.ClH/c1-4(2)5-3-8-7(11)9-6(5)10;/h3-4H,1-2H3,(H2,8,9,10,11);1H. The molecule has 0 aliphatic heterocycles. The van der Waals surface area contributed by atoms with Gasteiger partial charge in [-0.15, -0.1) is 12.4 Å². The van der Waals surface area contributed by atoms with Gasteiger partial charge in [-0.3, -0.25) is 9.78 Å². The number of rotatable bonds is 1. The second kappa shape index (κ2) is 4.11. The van der Waals surface area contributed by atoms with Gasteiger partial charge in [-0.2, -0.15) is 0 Å². The topological polar surface area (TPSA) is 65.7 Å². The van der Waals surface area contributed by atoms with E-state index in [0.29, 0.717) is 5.56 Å². The van der Waals surface area contributed by atoms with Crippen molar-refractivity contribution in [3.05, 3.63) is 32.6 Å². The number of nitrogens with one attached hydrogen (secondary N) is 2. The van der Waals surface area contributed by atoms with Gasteiger partial charge in [-0.05, 0) is 5.92 Å². The summed E-state index contributed by atoms with van der Waals surface area (Å²) in [6.45, 7) is 3.78. The van der Waals surface area contributed by atoms with Crippen molar-refractivity contribution in [2.24, 2.45) is 0 Å². The molecule has 0 bridgehead atoms. The molecule has 0 aliphatic carbocycles. The van der Waals surface area contributed by atoms with Crippen molar-refractivity contribution in [1.82, 2.24) is 9.97 Å². The van der Waals surface area contributed by atoms with Crippen LogP contribution in [-0.2, 0) is 0 Å². The van der Waals surface area contributed by atoms with Gasteiger partial charge in [0.2, 0.25) is 0 Å². The molecule has 1 aromatic rings. The van der Waals surface area contributed by atoms with Crippen molar-refractivity contribution in [1.29, 1.82) is 0 Å². The number of hydrogen-bond acceptors (Lipinski definition) is 2. The van der Waals surface area contributed by atoms with E-state index in [0.717, 1.165) is 0 Å². The highest BCUT2D eigenvalue weighted by molar-refractivity contribution is 5.85. The number of hydrogen-bond donors (Lipinski definition) is 2. The van der Waals surface area contributed by atoms with Crippen LogP contribution >= 0.6 is 12.4 Å². The summed E-state index contributed by atoms with van der Waals surface area (Å²) >= 11 is 0. The lowest BCUT2D eigenvalue weighted by Gasteiger charge is -2.00. The fraction of sp³-hybridized carbons (Fsp3) is 0.429. The van der Waals surface area contributed by atoms with Gasteiger partial charge in [0.15, 0.2) is 0 Å². The van der Waals surface area contributed by atoms with Gasteiger partial charge in [0, 0.05) is 11.8 Å².